The second-order valence-corrected chi connectivity index (χ2v) is 9.51. The van der Waals surface area contributed by atoms with E-state index in [1.807, 2.05) is 43.3 Å². The fourth-order valence-corrected chi connectivity index (χ4v) is 4.96. The lowest BCUT2D eigenvalue weighted by Gasteiger charge is -2.30. The maximum Gasteiger partial charge on any atom is 0.225 e. The molecule has 0 atom stereocenters. The van der Waals surface area contributed by atoms with Gasteiger partial charge in [-0.3, -0.25) is 0 Å². The quantitative estimate of drug-likeness (QED) is 0.439. The molecule has 7 nitrogen and oxygen atoms in total. The van der Waals surface area contributed by atoms with E-state index in [0.717, 1.165) is 70.5 Å². The lowest BCUT2D eigenvalue weighted by molar-refractivity contribution is 0.347. The Morgan fingerprint density at radius 1 is 0.970 bits per heavy atom. The normalized spacial score (nSPS) is 18.2. The SMILES string of the molecule is COc1cc(OC)c(CN[C@H]2CC[C@@H](Nc3nc(N(C)C)c4ccccc4n3)CC2)cc1Br. The van der Waals surface area contributed by atoms with Crippen LogP contribution in [0.25, 0.3) is 10.9 Å². The molecule has 1 aliphatic rings. The minimum Gasteiger partial charge on any atom is -0.496 e. The van der Waals surface area contributed by atoms with Crippen molar-refractivity contribution in [3.8, 4) is 11.5 Å². The van der Waals surface area contributed by atoms with Gasteiger partial charge in [0, 0.05) is 49.7 Å². The Morgan fingerprint density at radius 2 is 1.67 bits per heavy atom. The van der Waals surface area contributed by atoms with Gasteiger partial charge in [-0.1, -0.05) is 12.1 Å². The van der Waals surface area contributed by atoms with Crippen molar-refractivity contribution in [2.45, 2.75) is 44.3 Å². The molecule has 0 unspecified atom stereocenters. The fraction of sp³-hybridized carbons (Fsp3) is 0.440. The molecule has 1 saturated carbocycles. The van der Waals surface area contributed by atoms with Crippen LogP contribution in [0.3, 0.4) is 0 Å². The van der Waals surface area contributed by atoms with E-state index in [9.17, 15) is 0 Å². The molecule has 0 bridgehead atoms. The average Bonchev–Trinajstić information content (AvgIpc) is 2.83. The molecular formula is C25H32BrN5O2. The molecule has 1 aliphatic carbocycles. The third kappa shape index (κ3) is 5.50. The first-order valence-corrected chi connectivity index (χ1v) is 12.1. The van der Waals surface area contributed by atoms with Gasteiger partial charge in [-0.05, 0) is 59.8 Å². The monoisotopic (exact) mass is 513 g/mol. The van der Waals surface area contributed by atoms with Gasteiger partial charge in [0.2, 0.25) is 5.95 Å². The van der Waals surface area contributed by atoms with Crippen molar-refractivity contribution >= 4 is 38.6 Å². The van der Waals surface area contributed by atoms with Gasteiger partial charge in [-0.25, -0.2) is 4.98 Å². The number of rotatable bonds is 8. The van der Waals surface area contributed by atoms with Crippen LogP contribution in [0, 0.1) is 0 Å². The molecule has 33 heavy (non-hydrogen) atoms. The summed E-state index contributed by atoms with van der Waals surface area (Å²) in [5.41, 5.74) is 2.08. The average molecular weight is 514 g/mol. The van der Waals surface area contributed by atoms with E-state index < -0.39 is 0 Å². The summed E-state index contributed by atoms with van der Waals surface area (Å²) in [4.78, 5) is 11.6. The highest BCUT2D eigenvalue weighted by molar-refractivity contribution is 9.10. The number of fused-ring (bicyclic) bond motifs is 1. The zero-order valence-corrected chi connectivity index (χ0v) is 21.3. The number of para-hydroxylation sites is 1. The molecule has 1 heterocycles. The van der Waals surface area contributed by atoms with Crippen LogP contribution in [0.5, 0.6) is 11.5 Å². The summed E-state index contributed by atoms with van der Waals surface area (Å²) in [6.45, 7) is 0.758. The van der Waals surface area contributed by atoms with Gasteiger partial charge in [0.25, 0.3) is 0 Å². The smallest absolute Gasteiger partial charge is 0.225 e. The molecule has 4 rings (SSSR count). The van der Waals surface area contributed by atoms with Gasteiger partial charge in [0.1, 0.15) is 17.3 Å². The third-order valence-electron chi connectivity index (χ3n) is 6.20. The van der Waals surface area contributed by atoms with E-state index in [1.165, 1.54) is 0 Å². The van der Waals surface area contributed by atoms with E-state index in [4.69, 9.17) is 19.4 Å². The lowest BCUT2D eigenvalue weighted by atomic mass is 9.91. The molecule has 1 fully saturated rings. The lowest BCUT2D eigenvalue weighted by Crippen LogP contribution is -2.37. The second-order valence-electron chi connectivity index (χ2n) is 8.65. The number of halogens is 1. The molecule has 2 aromatic carbocycles. The van der Waals surface area contributed by atoms with E-state index in [-0.39, 0.29) is 0 Å². The summed E-state index contributed by atoms with van der Waals surface area (Å²) in [5.74, 6) is 3.26. The van der Waals surface area contributed by atoms with Gasteiger partial charge in [0.15, 0.2) is 0 Å². The van der Waals surface area contributed by atoms with Gasteiger partial charge >= 0.3 is 0 Å². The highest BCUT2D eigenvalue weighted by atomic mass is 79.9. The van der Waals surface area contributed by atoms with Crippen LogP contribution < -0.4 is 25.0 Å². The number of ether oxygens (including phenoxy) is 2. The Bertz CT molecular complexity index is 1100. The Morgan fingerprint density at radius 3 is 2.36 bits per heavy atom. The predicted molar refractivity (Wildman–Crippen MR) is 138 cm³/mol. The number of aromatic nitrogens is 2. The zero-order chi connectivity index (χ0) is 23.4. The Hall–Kier alpha value is -2.58. The van der Waals surface area contributed by atoms with Gasteiger partial charge in [-0.2, -0.15) is 4.98 Å². The maximum atomic E-state index is 5.55. The number of nitrogens with one attached hydrogen (secondary N) is 2. The first-order chi connectivity index (χ1) is 16.0. The molecule has 8 heteroatoms. The van der Waals surface area contributed by atoms with Crippen LogP contribution in [0.1, 0.15) is 31.2 Å². The van der Waals surface area contributed by atoms with Crippen molar-refractivity contribution in [1.82, 2.24) is 15.3 Å². The number of hydrogen-bond acceptors (Lipinski definition) is 7. The van der Waals surface area contributed by atoms with Crippen LogP contribution in [-0.2, 0) is 6.54 Å². The minimum atomic E-state index is 0.379. The Balaban J connectivity index is 1.35. The Labute approximate surface area is 204 Å². The summed E-state index contributed by atoms with van der Waals surface area (Å²) in [6, 6.07) is 13.0. The number of hydrogen-bond donors (Lipinski definition) is 2. The summed E-state index contributed by atoms with van der Waals surface area (Å²) in [6.07, 6.45) is 4.36. The first kappa shape index (κ1) is 23.6. The predicted octanol–water partition coefficient (Wildman–Crippen LogP) is 4.99. The minimum absolute atomic E-state index is 0.379. The summed E-state index contributed by atoms with van der Waals surface area (Å²) in [7, 11) is 7.39. The van der Waals surface area contributed by atoms with Gasteiger partial charge in [-0.15, -0.1) is 0 Å². The summed E-state index contributed by atoms with van der Waals surface area (Å²) >= 11 is 3.57. The van der Waals surface area contributed by atoms with Crippen LogP contribution >= 0.6 is 15.9 Å². The van der Waals surface area contributed by atoms with E-state index in [0.29, 0.717) is 18.0 Å². The van der Waals surface area contributed by atoms with Crippen molar-refractivity contribution in [3.05, 3.63) is 46.4 Å². The highest BCUT2D eigenvalue weighted by Crippen LogP contribution is 2.33. The number of nitrogens with zero attached hydrogens (tertiary/aromatic N) is 3. The van der Waals surface area contributed by atoms with Crippen molar-refractivity contribution in [1.29, 1.82) is 0 Å². The van der Waals surface area contributed by atoms with Crippen LogP contribution in [0.4, 0.5) is 11.8 Å². The van der Waals surface area contributed by atoms with Gasteiger partial charge in [0.05, 0.1) is 24.2 Å². The number of benzene rings is 2. The van der Waals surface area contributed by atoms with Crippen molar-refractivity contribution in [2.75, 3.05) is 38.5 Å². The van der Waals surface area contributed by atoms with Crippen LogP contribution in [-0.4, -0.2) is 50.4 Å². The first-order valence-electron chi connectivity index (χ1n) is 11.3. The number of anilines is 2. The molecule has 3 aromatic rings. The topological polar surface area (TPSA) is 71.5 Å². The standard InChI is InChI=1S/C25H32BrN5O2/c1-31(2)24-19-7-5-6-8-21(19)29-25(30-24)28-18-11-9-17(10-12-18)27-15-16-13-20(26)23(33-4)14-22(16)32-3/h5-8,13-14,17-18,27H,9-12,15H2,1-4H3,(H,28,29,30)/t17-,18+. The van der Waals surface area contributed by atoms with Gasteiger partial charge < -0.3 is 25.0 Å². The van der Waals surface area contributed by atoms with E-state index in [1.54, 1.807) is 14.2 Å². The molecule has 0 aliphatic heterocycles. The van der Waals surface area contributed by atoms with Crippen molar-refractivity contribution in [3.63, 3.8) is 0 Å². The summed E-state index contributed by atoms with van der Waals surface area (Å²) in [5, 5.41) is 8.36. The summed E-state index contributed by atoms with van der Waals surface area (Å²) < 4.78 is 11.9. The van der Waals surface area contributed by atoms with Crippen LogP contribution in [0.15, 0.2) is 40.9 Å². The molecule has 0 spiro atoms. The zero-order valence-electron chi connectivity index (χ0n) is 19.7. The van der Waals surface area contributed by atoms with E-state index >= 15 is 0 Å². The molecule has 0 amide bonds. The third-order valence-corrected chi connectivity index (χ3v) is 6.82. The maximum absolute atomic E-state index is 5.55. The number of methoxy groups -OCH3 is 2. The fourth-order valence-electron chi connectivity index (χ4n) is 4.40. The van der Waals surface area contributed by atoms with E-state index in [2.05, 4.69) is 38.7 Å². The van der Waals surface area contributed by atoms with Crippen molar-refractivity contribution < 1.29 is 9.47 Å². The molecular weight excluding hydrogens is 482 g/mol. The molecule has 0 radical (unpaired) electrons. The second kappa shape index (κ2) is 10.6. The Kier molecular flexibility index (Phi) is 7.55. The van der Waals surface area contributed by atoms with Crippen molar-refractivity contribution in [2.24, 2.45) is 0 Å². The molecule has 1 aromatic heterocycles. The molecule has 2 N–H and O–H groups in total. The largest absolute Gasteiger partial charge is 0.496 e. The highest BCUT2D eigenvalue weighted by Gasteiger charge is 2.22. The van der Waals surface area contributed by atoms with Crippen LogP contribution in [0.2, 0.25) is 0 Å². The molecule has 0 saturated heterocycles. The molecule has 176 valence electrons.